The predicted molar refractivity (Wildman–Crippen MR) is 92.2 cm³/mol. The van der Waals surface area contributed by atoms with Gasteiger partial charge in [-0.25, -0.2) is 0 Å². The van der Waals surface area contributed by atoms with Crippen LogP contribution in [0.3, 0.4) is 0 Å². The highest BCUT2D eigenvalue weighted by molar-refractivity contribution is 5.90. The number of amides is 2. The molecule has 6 aliphatic carbocycles. The minimum absolute atomic E-state index is 0.0300. The lowest BCUT2D eigenvalue weighted by molar-refractivity contribution is -0.151. The molecule has 3 N–H and O–H groups in total. The van der Waals surface area contributed by atoms with Gasteiger partial charge in [0.2, 0.25) is 11.8 Å². The van der Waals surface area contributed by atoms with Crippen LogP contribution in [0.25, 0.3) is 0 Å². The Hall–Kier alpha value is -1.85. The van der Waals surface area contributed by atoms with E-state index in [0.717, 1.165) is 25.7 Å². The first-order chi connectivity index (χ1) is 12.4. The number of rotatable bonds is 3. The quantitative estimate of drug-likeness (QED) is 0.530. The van der Waals surface area contributed by atoms with Crippen molar-refractivity contribution in [3.8, 4) is 0 Å². The Balaban J connectivity index is 1.25. The molecule has 0 aromatic heterocycles. The SMILES string of the molecule is O=C(O)C1C2C=CC(C2)C1C(=O)NNC(=O)C12CC3CC(CC(C3)C1)C2. The van der Waals surface area contributed by atoms with Gasteiger partial charge in [0.1, 0.15) is 0 Å². The fourth-order valence-electron chi connectivity index (χ4n) is 7.24. The lowest BCUT2D eigenvalue weighted by atomic mass is 9.49. The molecule has 6 nitrogen and oxygen atoms in total. The Labute approximate surface area is 152 Å². The minimum atomic E-state index is -0.922. The van der Waals surface area contributed by atoms with E-state index in [1.165, 1.54) is 19.3 Å². The Kier molecular flexibility index (Phi) is 3.50. The number of carbonyl (C=O) groups is 3. The number of carboxylic acid groups (broad SMARTS) is 1. The molecule has 140 valence electrons. The van der Waals surface area contributed by atoms with Gasteiger partial charge >= 0.3 is 5.97 Å². The second-order valence-corrected chi connectivity index (χ2v) is 9.48. The lowest BCUT2D eigenvalue weighted by Gasteiger charge is -2.55. The highest BCUT2D eigenvalue weighted by atomic mass is 16.4. The minimum Gasteiger partial charge on any atom is -0.481 e. The Morgan fingerprint density at radius 1 is 0.808 bits per heavy atom. The van der Waals surface area contributed by atoms with E-state index in [4.69, 9.17) is 0 Å². The van der Waals surface area contributed by atoms with E-state index in [-0.39, 0.29) is 29.1 Å². The average Bonchev–Trinajstić information content (AvgIpc) is 3.19. The third-order valence-corrected chi connectivity index (χ3v) is 7.87. The van der Waals surface area contributed by atoms with Gasteiger partial charge in [-0.2, -0.15) is 0 Å². The van der Waals surface area contributed by atoms with Crippen molar-refractivity contribution >= 4 is 17.8 Å². The molecule has 4 atom stereocenters. The topological polar surface area (TPSA) is 95.5 Å². The van der Waals surface area contributed by atoms with Gasteiger partial charge < -0.3 is 5.11 Å². The van der Waals surface area contributed by atoms with Crippen LogP contribution in [0.1, 0.15) is 44.9 Å². The third-order valence-electron chi connectivity index (χ3n) is 7.87. The number of carboxylic acids is 1. The van der Waals surface area contributed by atoms with Crippen LogP contribution in [-0.4, -0.2) is 22.9 Å². The van der Waals surface area contributed by atoms with Crippen molar-refractivity contribution in [1.29, 1.82) is 0 Å². The van der Waals surface area contributed by atoms with Crippen LogP contribution in [0.5, 0.6) is 0 Å². The first kappa shape index (κ1) is 16.3. The summed E-state index contributed by atoms with van der Waals surface area (Å²) in [5.41, 5.74) is 4.95. The van der Waals surface area contributed by atoms with Crippen molar-refractivity contribution in [2.75, 3.05) is 0 Å². The molecule has 2 amide bonds. The van der Waals surface area contributed by atoms with Crippen LogP contribution >= 0.6 is 0 Å². The molecule has 0 heterocycles. The standard InChI is InChI=1S/C20H26N2O4/c23-17(15-13-1-2-14(6-13)16(15)18(24)25)21-22-19(26)20-7-10-3-11(8-20)5-12(4-10)9-20/h1-2,10-16H,3-9H2,(H,21,23)(H,22,26)(H,24,25). The summed E-state index contributed by atoms with van der Waals surface area (Å²) >= 11 is 0. The maximum atomic E-state index is 12.9. The first-order valence-corrected chi connectivity index (χ1v) is 9.96. The third kappa shape index (κ3) is 2.33. The molecule has 6 aliphatic rings. The summed E-state index contributed by atoms with van der Waals surface area (Å²) < 4.78 is 0. The second kappa shape index (κ2) is 5.57. The van der Waals surface area contributed by atoms with Gasteiger partial charge in [0.15, 0.2) is 0 Å². The lowest BCUT2D eigenvalue weighted by Crippen LogP contribution is -2.57. The van der Waals surface area contributed by atoms with Crippen LogP contribution in [0.15, 0.2) is 12.2 Å². The average molecular weight is 358 g/mol. The normalized spacial score (nSPS) is 47.2. The molecule has 0 radical (unpaired) electrons. The van der Waals surface area contributed by atoms with E-state index >= 15 is 0 Å². The van der Waals surface area contributed by atoms with Crippen molar-refractivity contribution in [2.24, 2.45) is 46.8 Å². The van der Waals surface area contributed by atoms with Crippen LogP contribution in [0.2, 0.25) is 0 Å². The van der Waals surface area contributed by atoms with E-state index in [1.807, 2.05) is 12.2 Å². The van der Waals surface area contributed by atoms with Crippen molar-refractivity contribution < 1.29 is 19.5 Å². The van der Waals surface area contributed by atoms with Crippen molar-refractivity contribution in [3.05, 3.63) is 12.2 Å². The van der Waals surface area contributed by atoms with Crippen LogP contribution in [-0.2, 0) is 14.4 Å². The fraction of sp³-hybridized carbons (Fsp3) is 0.750. The van der Waals surface area contributed by atoms with Gasteiger partial charge in [-0.05, 0) is 74.5 Å². The van der Waals surface area contributed by atoms with E-state index in [1.54, 1.807) is 0 Å². The largest absolute Gasteiger partial charge is 0.481 e. The molecule has 6 heteroatoms. The van der Waals surface area contributed by atoms with E-state index in [0.29, 0.717) is 17.8 Å². The Morgan fingerprint density at radius 3 is 1.88 bits per heavy atom. The van der Waals surface area contributed by atoms with Crippen LogP contribution < -0.4 is 10.9 Å². The Morgan fingerprint density at radius 2 is 1.35 bits per heavy atom. The number of aliphatic carboxylic acids is 1. The number of fused-ring (bicyclic) bond motifs is 2. The number of hydrogen-bond acceptors (Lipinski definition) is 3. The second-order valence-electron chi connectivity index (χ2n) is 9.48. The molecule has 4 unspecified atom stereocenters. The molecule has 0 saturated heterocycles. The van der Waals surface area contributed by atoms with Crippen molar-refractivity contribution in [2.45, 2.75) is 44.9 Å². The zero-order valence-electron chi connectivity index (χ0n) is 14.8. The zero-order valence-corrected chi connectivity index (χ0v) is 14.8. The fourth-order valence-corrected chi connectivity index (χ4v) is 7.24. The summed E-state index contributed by atoms with van der Waals surface area (Å²) in [6.45, 7) is 0. The summed E-state index contributed by atoms with van der Waals surface area (Å²) in [6.07, 6.45) is 11.2. The zero-order chi connectivity index (χ0) is 18.1. The first-order valence-electron chi connectivity index (χ1n) is 9.96. The van der Waals surface area contributed by atoms with E-state index < -0.39 is 17.8 Å². The predicted octanol–water partition coefficient (Wildman–Crippen LogP) is 1.87. The van der Waals surface area contributed by atoms with Crippen molar-refractivity contribution in [3.63, 3.8) is 0 Å². The summed E-state index contributed by atoms with van der Waals surface area (Å²) in [7, 11) is 0. The number of carbonyl (C=O) groups excluding carboxylic acids is 2. The van der Waals surface area contributed by atoms with Gasteiger partial charge in [0, 0.05) is 0 Å². The molecular weight excluding hydrogens is 332 g/mol. The maximum absolute atomic E-state index is 12.9. The molecule has 5 saturated carbocycles. The number of allylic oxidation sites excluding steroid dienone is 2. The number of nitrogens with one attached hydrogen (secondary N) is 2. The molecule has 6 rings (SSSR count). The molecule has 26 heavy (non-hydrogen) atoms. The van der Waals surface area contributed by atoms with E-state index in [9.17, 15) is 19.5 Å². The van der Waals surface area contributed by atoms with Gasteiger partial charge in [-0.1, -0.05) is 12.2 Å². The van der Waals surface area contributed by atoms with Crippen molar-refractivity contribution in [1.82, 2.24) is 10.9 Å². The summed E-state index contributed by atoms with van der Waals surface area (Å²) in [4.78, 5) is 37.2. The van der Waals surface area contributed by atoms with Gasteiger partial charge in [0.05, 0.1) is 17.3 Å². The summed E-state index contributed by atoms with van der Waals surface area (Å²) in [6, 6.07) is 0. The Bertz CT molecular complexity index is 665. The molecule has 6 bridgehead atoms. The monoisotopic (exact) mass is 358 g/mol. The van der Waals surface area contributed by atoms with Crippen LogP contribution in [0, 0.1) is 46.8 Å². The molecule has 0 aromatic carbocycles. The van der Waals surface area contributed by atoms with Crippen LogP contribution in [0.4, 0.5) is 0 Å². The highest BCUT2D eigenvalue weighted by Crippen LogP contribution is 2.60. The molecule has 0 spiro atoms. The van der Waals surface area contributed by atoms with Gasteiger partial charge in [-0.15, -0.1) is 0 Å². The maximum Gasteiger partial charge on any atom is 0.307 e. The molecule has 0 aromatic rings. The molecule has 5 fully saturated rings. The summed E-state index contributed by atoms with van der Waals surface area (Å²) in [5.74, 6) is -0.707. The molecule has 0 aliphatic heterocycles. The number of hydrogen-bond donors (Lipinski definition) is 3. The smallest absolute Gasteiger partial charge is 0.307 e. The highest BCUT2D eigenvalue weighted by Gasteiger charge is 2.55. The summed E-state index contributed by atoms with van der Waals surface area (Å²) in [5, 5.41) is 9.48. The van der Waals surface area contributed by atoms with Gasteiger partial charge in [0.25, 0.3) is 0 Å². The number of hydrazine groups is 1. The molecular formula is C20H26N2O4. The van der Waals surface area contributed by atoms with Gasteiger partial charge in [-0.3, -0.25) is 25.2 Å². The van der Waals surface area contributed by atoms with E-state index in [2.05, 4.69) is 10.9 Å².